The molecule has 0 spiro atoms. The molecule has 3 rings (SSSR count). The van der Waals surface area contributed by atoms with Crippen molar-refractivity contribution >= 4 is 34.8 Å². The Balaban J connectivity index is 1.79. The van der Waals surface area contributed by atoms with Gasteiger partial charge in [0.1, 0.15) is 5.71 Å². The Morgan fingerprint density at radius 3 is 2.75 bits per heavy atom. The van der Waals surface area contributed by atoms with Crippen molar-refractivity contribution in [2.24, 2.45) is 10.7 Å². The topological polar surface area (TPSA) is 121 Å². The van der Waals surface area contributed by atoms with Gasteiger partial charge in [0.15, 0.2) is 5.65 Å². The van der Waals surface area contributed by atoms with E-state index in [0.29, 0.717) is 30.4 Å². The maximum atomic E-state index is 12.7. The maximum Gasteiger partial charge on any atom is 0.274 e. The van der Waals surface area contributed by atoms with Crippen molar-refractivity contribution < 1.29 is 9.59 Å². The molecule has 3 N–H and O–H groups in total. The molecule has 0 atom stereocenters. The molecule has 28 heavy (non-hydrogen) atoms. The van der Waals surface area contributed by atoms with Crippen LogP contribution in [0.1, 0.15) is 13.3 Å². The number of nitrogens with two attached hydrogens (primary N) is 1. The number of aliphatic imine (C=N–C) groups is 1. The van der Waals surface area contributed by atoms with Crippen LogP contribution >= 0.6 is 0 Å². The highest BCUT2D eigenvalue weighted by Gasteiger charge is 2.29. The lowest BCUT2D eigenvalue weighted by Gasteiger charge is -2.31. The van der Waals surface area contributed by atoms with Gasteiger partial charge in [0.05, 0.1) is 5.57 Å². The van der Waals surface area contributed by atoms with E-state index in [1.807, 2.05) is 18.9 Å². The molecule has 10 nitrogen and oxygen atoms in total. The van der Waals surface area contributed by atoms with E-state index in [1.165, 1.54) is 7.05 Å². The Kier molecular flexibility index (Phi) is 5.57. The molecule has 1 fully saturated rings. The number of likely N-dealkylation sites (tertiary alicyclic amines) is 1. The second-order valence-electron chi connectivity index (χ2n) is 6.40. The molecule has 2 aromatic heterocycles. The lowest BCUT2D eigenvalue weighted by molar-refractivity contribution is -0.130. The average molecular weight is 384 g/mol. The number of carbonyl (C=O) groups excluding carboxylic acids is 2. The molecule has 0 aliphatic carbocycles. The van der Waals surface area contributed by atoms with Gasteiger partial charge in [-0.05, 0) is 19.4 Å². The lowest BCUT2D eigenvalue weighted by atomic mass is 10.1. The number of aromatic nitrogens is 3. The van der Waals surface area contributed by atoms with Crippen LogP contribution in [0.25, 0.3) is 5.65 Å². The van der Waals surface area contributed by atoms with Crippen molar-refractivity contribution in [3.8, 4) is 0 Å². The third-order valence-corrected chi connectivity index (χ3v) is 4.63. The maximum absolute atomic E-state index is 12.7. The van der Waals surface area contributed by atoms with E-state index in [2.05, 4.69) is 20.4 Å². The first kappa shape index (κ1) is 19.3. The molecular weight excluding hydrogens is 360 g/mol. The van der Waals surface area contributed by atoms with Crippen molar-refractivity contribution in [3.63, 3.8) is 0 Å². The van der Waals surface area contributed by atoms with Crippen LogP contribution in [0.2, 0.25) is 0 Å². The molecule has 0 unspecified atom stereocenters. The summed E-state index contributed by atoms with van der Waals surface area (Å²) in [4.78, 5) is 37.2. The fraction of sp³-hybridized carbons (Fsp3) is 0.389. The number of rotatable bonds is 6. The van der Waals surface area contributed by atoms with Crippen LogP contribution in [0.4, 0.5) is 11.6 Å². The van der Waals surface area contributed by atoms with Gasteiger partial charge >= 0.3 is 0 Å². The molecule has 1 saturated heterocycles. The van der Waals surface area contributed by atoms with E-state index in [4.69, 9.17) is 5.73 Å². The molecule has 3 heterocycles. The zero-order valence-electron chi connectivity index (χ0n) is 16.2. The van der Waals surface area contributed by atoms with Crippen molar-refractivity contribution in [2.75, 3.05) is 43.9 Å². The summed E-state index contributed by atoms with van der Waals surface area (Å²) in [5.74, 6) is -0.206. The summed E-state index contributed by atoms with van der Waals surface area (Å²) in [6.07, 6.45) is 3.79. The summed E-state index contributed by atoms with van der Waals surface area (Å²) < 4.78 is 1.63. The second-order valence-corrected chi connectivity index (χ2v) is 6.40. The molecule has 10 heteroatoms. The summed E-state index contributed by atoms with van der Waals surface area (Å²) in [6.45, 7) is 4.10. The zero-order valence-corrected chi connectivity index (χ0v) is 16.2. The summed E-state index contributed by atoms with van der Waals surface area (Å²) in [7, 11) is 3.35. The zero-order chi connectivity index (χ0) is 20.3. The van der Waals surface area contributed by atoms with E-state index in [0.717, 1.165) is 19.2 Å². The van der Waals surface area contributed by atoms with Gasteiger partial charge in [0.25, 0.3) is 11.8 Å². The van der Waals surface area contributed by atoms with E-state index >= 15 is 0 Å². The predicted molar refractivity (Wildman–Crippen MR) is 107 cm³/mol. The molecule has 2 aromatic rings. The minimum Gasteiger partial charge on any atom is -0.404 e. The monoisotopic (exact) mass is 384 g/mol. The molecule has 0 radical (unpaired) electrons. The van der Waals surface area contributed by atoms with Crippen molar-refractivity contribution in [2.45, 2.75) is 13.3 Å². The minimum atomic E-state index is -0.511. The van der Waals surface area contributed by atoms with Crippen LogP contribution < -0.4 is 16.0 Å². The smallest absolute Gasteiger partial charge is 0.274 e. The highest BCUT2D eigenvalue weighted by molar-refractivity contribution is 6.53. The average Bonchev–Trinajstić information content (AvgIpc) is 3.06. The highest BCUT2D eigenvalue weighted by Crippen LogP contribution is 2.16. The van der Waals surface area contributed by atoms with E-state index in [-0.39, 0.29) is 17.2 Å². The molecule has 1 aliphatic rings. The van der Waals surface area contributed by atoms with Crippen LogP contribution in [0.5, 0.6) is 0 Å². The molecular formula is C18H24N8O2. The van der Waals surface area contributed by atoms with Crippen molar-refractivity contribution in [1.29, 1.82) is 0 Å². The molecule has 1 aliphatic heterocycles. The highest BCUT2D eigenvalue weighted by atomic mass is 16.2. The van der Waals surface area contributed by atoms with Gasteiger partial charge in [0, 0.05) is 57.9 Å². The fourth-order valence-corrected chi connectivity index (χ4v) is 2.73. The number of anilines is 2. The van der Waals surface area contributed by atoms with Gasteiger partial charge in [-0.25, -0.2) is 4.52 Å². The molecule has 0 aromatic carbocycles. The largest absolute Gasteiger partial charge is 0.404 e. The van der Waals surface area contributed by atoms with Crippen molar-refractivity contribution in [3.05, 3.63) is 30.1 Å². The first-order valence-corrected chi connectivity index (χ1v) is 9.05. The summed E-state index contributed by atoms with van der Waals surface area (Å²) in [6, 6.07) is 3.40. The first-order chi connectivity index (χ1) is 13.5. The van der Waals surface area contributed by atoms with Crippen LogP contribution in [0.15, 0.2) is 35.1 Å². The van der Waals surface area contributed by atoms with Gasteiger partial charge < -0.3 is 20.9 Å². The Morgan fingerprint density at radius 2 is 2.18 bits per heavy atom. The first-order valence-electron chi connectivity index (χ1n) is 9.05. The normalized spacial score (nSPS) is 14.8. The lowest BCUT2D eigenvalue weighted by Crippen LogP contribution is -2.45. The number of fused-ring (bicyclic) bond motifs is 1. The second kappa shape index (κ2) is 8.07. The SMILES string of the molecule is CCN(C)c1nc2cc(NC(=O)C(=NC)C(=CN)C(=O)N3CCC3)ccn2n1. The van der Waals surface area contributed by atoms with Gasteiger partial charge in [0.2, 0.25) is 5.95 Å². The predicted octanol–water partition coefficient (Wildman–Crippen LogP) is 0.270. The Morgan fingerprint density at radius 1 is 1.43 bits per heavy atom. The summed E-state index contributed by atoms with van der Waals surface area (Å²) >= 11 is 0. The van der Waals surface area contributed by atoms with Gasteiger partial charge in [-0.3, -0.25) is 14.6 Å². The van der Waals surface area contributed by atoms with E-state index in [9.17, 15) is 9.59 Å². The van der Waals surface area contributed by atoms with E-state index < -0.39 is 5.91 Å². The number of nitrogens with one attached hydrogen (secondary N) is 1. The number of hydrogen-bond acceptors (Lipinski definition) is 7. The summed E-state index contributed by atoms with van der Waals surface area (Å²) in [5.41, 5.74) is 6.82. The quantitative estimate of drug-likeness (QED) is 0.545. The number of hydrogen-bond donors (Lipinski definition) is 2. The third-order valence-electron chi connectivity index (χ3n) is 4.63. The number of pyridine rings is 1. The van der Waals surface area contributed by atoms with Gasteiger partial charge in [-0.15, -0.1) is 5.10 Å². The molecule has 2 amide bonds. The van der Waals surface area contributed by atoms with Crippen molar-refractivity contribution in [1.82, 2.24) is 19.5 Å². The van der Waals surface area contributed by atoms with Crippen LogP contribution in [0, 0.1) is 0 Å². The Bertz CT molecular complexity index is 958. The standard InChI is InChI=1S/C18H24N8O2/c1-4-24(3)18-22-14-10-12(6-9-26(14)23-18)21-16(27)15(20-2)13(11-19)17(28)25-7-5-8-25/h6,9-11H,4-5,7-8,19H2,1-3H3,(H,21,27). The Hall–Kier alpha value is -3.43. The van der Waals surface area contributed by atoms with Crippen LogP contribution in [0.3, 0.4) is 0 Å². The van der Waals surface area contributed by atoms with E-state index in [1.54, 1.807) is 27.7 Å². The fourth-order valence-electron chi connectivity index (χ4n) is 2.73. The van der Waals surface area contributed by atoms with Crippen LogP contribution in [-0.4, -0.2) is 70.8 Å². The third kappa shape index (κ3) is 3.66. The number of nitrogens with zero attached hydrogens (tertiary/aromatic N) is 6. The molecule has 148 valence electrons. The van der Waals surface area contributed by atoms with Gasteiger partial charge in [-0.2, -0.15) is 4.98 Å². The minimum absolute atomic E-state index is 0.00727. The number of amides is 2. The molecule has 0 bridgehead atoms. The summed E-state index contributed by atoms with van der Waals surface area (Å²) in [5, 5.41) is 7.12. The van der Waals surface area contributed by atoms with Crippen LogP contribution in [-0.2, 0) is 9.59 Å². The van der Waals surface area contributed by atoms with Gasteiger partial charge in [-0.1, -0.05) is 0 Å². The molecule has 0 saturated carbocycles. The number of carbonyl (C=O) groups is 2. The Labute approximate surface area is 162 Å².